The molecule has 0 spiro atoms. The number of halogens is 1. The van der Waals surface area contributed by atoms with E-state index >= 15 is 0 Å². The number of nitrogens with zero attached hydrogens (tertiary/aromatic N) is 1. The summed E-state index contributed by atoms with van der Waals surface area (Å²) in [6, 6.07) is 3.13. The average Bonchev–Trinajstić information content (AvgIpc) is 2.03. The molecule has 1 amide bonds. The van der Waals surface area contributed by atoms with Crippen LogP contribution in [-0.4, -0.2) is 16.0 Å². The highest BCUT2D eigenvalue weighted by molar-refractivity contribution is 7.80. The molecule has 0 aromatic carbocycles. The number of hydrogen-bond acceptors (Lipinski definition) is 3. The molecule has 4 nitrogen and oxygen atoms in total. The van der Waals surface area contributed by atoms with Gasteiger partial charge in [0.25, 0.3) is 5.91 Å². The fourth-order valence-electron chi connectivity index (χ4n) is 0.735. The van der Waals surface area contributed by atoms with Gasteiger partial charge in [0, 0.05) is 6.20 Å². The van der Waals surface area contributed by atoms with E-state index in [1.54, 1.807) is 6.07 Å². The Labute approximate surface area is 85.1 Å². The standard InChI is InChI=1S/C7H6ClN3OS/c8-5-4(2-1-3-10-5)6(12)11-7(9)13/h1-3H,(H3,9,11,12,13). The summed E-state index contributed by atoms with van der Waals surface area (Å²) in [7, 11) is 0. The van der Waals surface area contributed by atoms with Crippen LogP contribution in [0.3, 0.4) is 0 Å². The van der Waals surface area contributed by atoms with Gasteiger partial charge in [-0.15, -0.1) is 0 Å². The maximum absolute atomic E-state index is 11.3. The Morgan fingerprint density at radius 3 is 2.92 bits per heavy atom. The van der Waals surface area contributed by atoms with E-state index in [4.69, 9.17) is 17.3 Å². The zero-order valence-electron chi connectivity index (χ0n) is 6.45. The van der Waals surface area contributed by atoms with Crippen molar-refractivity contribution in [2.75, 3.05) is 0 Å². The molecule has 0 aliphatic rings. The molecule has 0 saturated heterocycles. The summed E-state index contributed by atoms with van der Waals surface area (Å²) >= 11 is 10.1. The zero-order chi connectivity index (χ0) is 9.84. The first kappa shape index (κ1) is 9.88. The topological polar surface area (TPSA) is 68.0 Å². The number of amides is 1. The summed E-state index contributed by atoms with van der Waals surface area (Å²) in [4.78, 5) is 15.0. The molecule has 0 unspecified atom stereocenters. The molecule has 0 fully saturated rings. The maximum atomic E-state index is 11.3. The molecule has 3 N–H and O–H groups in total. The van der Waals surface area contributed by atoms with Crippen molar-refractivity contribution in [3.05, 3.63) is 29.0 Å². The van der Waals surface area contributed by atoms with Gasteiger partial charge in [-0.25, -0.2) is 4.98 Å². The second-order valence-electron chi connectivity index (χ2n) is 2.16. The minimum absolute atomic E-state index is 0.0927. The Morgan fingerprint density at radius 2 is 2.38 bits per heavy atom. The summed E-state index contributed by atoms with van der Waals surface area (Å²) in [6.45, 7) is 0. The van der Waals surface area contributed by atoms with Crippen molar-refractivity contribution >= 4 is 34.8 Å². The van der Waals surface area contributed by atoms with E-state index in [0.717, 1.165) is 0 Å². The number of rotatable bonds is 1. The summed E-state index contributed by atoms with van der Waals surface area (Å²) in [5, 5.41) is 2.27. The normalized spacial score (nSPS) is 9.31. The Bertz CT molecular complexity index is 355. The van der Waals surface area contributed by atoms with Crippen molar-refractivity contribution in [2.24, 2.45) is 5.73 Å². The van der Waals surface area contributed by atoms with Crippen LogP contribution in [0.4, 0.5) is 0 Å². The number of carbonyl (C=O) groups excluding carboxylic acids is 1. The van der Waals surface area contributed by atoms with E-state index in [2.05, 4.69) is 22.5 Å². The Balaban J connectivity index is 2.89. The highest BCUT2D eigenvalue weighted by Crippen LogP contribution is 2.10. The highest BCUT2D eigenvalue weighted by atomic mass is 35.5. The summed E-state index contributed by atoms with van der Waals surface area (Å²) in [5.41, 5.74) is 5.36. The van der Waals surface area contributed by atoms with Crippen molar-refractivity contribution in [3.8, 4) is 0 Å². The van der Waals surface area contributed by atoms with Gasteiger partial charge in [-0.3, -0.25) is 10.1 Å². The molecule has 1 aromatic heterocycles. The quantitative estimate of drug-likeness (QED) is 0.535. The van der Waals surface area contributed by atoms with E-state index < -0.39 is 5.91 Å². The van der Waals surface area contributed by atoms with Crippen LogP contribution in [0.15, 0.2) is 18.3 Å². The molecule has 6 heteroatoms. The summed E-state index contributed by atoms with van der Waals surface area (Å²) in [5.74, 6) is -0.453. The fourth-order valence-corrected chi connectivity index (χ4v) is 1.03. The predicted octanol–water partition coefficient (Wildman–Crippen LogP) is 0.708. The third-order valence-electron chi connectivity index (χ3n) is 1.24. The molecule has 1 heterocycles. The third-order valence-corrected chi connectivity index (χ3v) is 1.64. The predicted molar refractivity (Wildman–Crippen MR) is 53.5 cm³/mol. The van der Waals surface area contributed by atoms with Crippen LogP contribution in [0.25, 0.3) is 0 Å². The lowest BCUT2D eigenvalue weighted by atomic mass is 10.3. The van der Waals surface area contributed by atoms with Crippen molar-refractivity contribution in [1.29, 1.82) is 0 Å². The second kappa shape index (κ2) is 4.15. The number of pyridine rings is 1. The number of thiocarbonyl (C=S) groups is 1. The van der Waals surface area contributed by atoms with Crippen molar-refractivity contribution in [2.45, 2.75) is 0 Å². The van der Waals surface area contributed by atoms with Crippen LogP contribution in [0.2, 0.25) is 5.15 Å². The minimum Gasteiger partial charge on any atom is -0.376 e. The minimum atomic E-state index is -0.453. The fraction of sp³-hybridized carbons (Fsp3) is 0. The van der Waals surface area contributed by atoms with Crippen LogP contribution in [0.1, 0.15) is 10.4 Å². The molecule has 13 heavy (non-hydrogen) atoms. The van der Waals surface area contributed by atoms with Crippen molar-refractivity contribution in [3.63, 3.8) is 0 Å². The Kier molecular flexibility index (Phi) is 3.16. The number of hydrogen-bond donors (Lipinski definition) is 2. The van der Waals surface area contributed by atoms with Crippen LogP contribution in [-0.2, 0) is 0 Å². The maximum Gasteiger partial charge on any atom is 0.260 e. The smallest absolute Gasteiger partial charge is 0.260 e. The number of aromatic nitrogens is 1. The Hall–Kier alpha value is -1.20. The average molecular weight is 216 g/mol. The monoisotopic (exact) mass is 215 g/mol. The largest absolute Gasteiger partial charge is 0.376 e. The molecule has 1 rings (SSSR count). The molecule has 0 radical (unpaired) electrons. The lowest BCUT2D eigenvalue weighted by Crippen LogP contribution is -2.34. The van der Waals surface area contributed by atoms with E-state index in [0.29, 0.717) is 0 Å². The van der Waals surface area contributed by atoms with Crippen molar-refractivity contribution in [1.82, 2.24) is 10.3 Å². The van der Waals surface area contributed by atoms with Gasteiger partial charge >= 0.3 is 0 Å². The van der Waals surface area contributed by atoms with Crippen molar-refractivity contribution < 1.29 is 4.79 Å². The van der Waals surface area contributed by atoms with Gasteiger partial charge in [0.1, 0.15) is 5.15 Å². The second-order valence-corrected chi connectivity index (χ2v) is 2.96. The first-order valence-corrected chi connectivity index (χ1v) is 4.11. The van der Waals surface area contributed by atoms with Gasteiger partial charge in [-0.1, -0.05) is 11.6 Å². The number of carbonyl (C=O) groups is 1. The van der Waals surface area contributed by atoms with Crippen LogP contribution in [0, 0.1) is 0 Å². The van der Waals surface area contributed by atoms with Gasteiger partial charge < -0.3 is 5.73 Å². The van der Waals surface area contributed by atoms with E-state index in [1.165, 1.54) is 12.3 Å². The number of nitrogens with two attached hydrogens (primary N) is 1. The molecule has 0 aliphatic carbocycles. The molecule has 68 valence electrons. The van der Waals surface area contributed by atoms with Crippen LogP contribution in [0.5, 0.6) is 0 Å². The lowest BCUT2D eigenvalue weighted by molar-refractivity contribution is 0.0977. The zero-order valence-corrected chi connectivity index (χ0v) is 8.02. The molecule has 0 aliphatic heterocycles. The van der Waals surface area contributed by atoms with Gasteiger partial charge in [-0.05, 0) is 24.4 Å². The molecule has 0 saturated carbocycles. The Morgan fingerprint density at radius 1 is 1.69 bits per heavy atom. The first-order chi connectivity index (χ1) is 6.11. The van der Waals surface area contributed by atoms with E-state index in [1.807, 2.05) is 0 Å². The summed E-state index contributed by atoms with van der Waals surface area (Å²) < 4.78 is 0. The van der Waals surface area contributed by atoms with Gasteiger partial charge in [-0.2, -0.15) is 0 Å². The number of nitrogens with one attached hydrogen (secondary N) is 1. The molecule has 0 atom stereocenters. The van der Waals surface area contributed by atoms with Gasteiger partial charge in [0.15, 0.2) is 5.11 Å². The summed E-state index contributed by atoms with van der Waals surface area (Å²) in [6.07, 6.45) is 1.49. The van der Waals surface area contributed by atoms with Crippen LogP contribution >= 0.6 is 23.8 Å². The molecular weight excluding hydrogens is 210 g/mol. The molecular formula is C7H6ClN3OS. The van der Waals surface area contributed by atoms with Crippen LogP contribution < -0.4 is 11.1 Å². The SMILES string of the molecule is NC(=S)NC(=O)c1cccnc1Cl. The lowest BCUT2D eigenvalue weighted by Gasteiger charge is -2.02. The molecule has 0 bridgehead atoms. The third kappa shape index (κ3) is 2.64. The highest BCUT2D eigenvalue weighted by Gasteiger charge is 2.10. The molecule has 1 aromatic rings. The van der Waals surface area contributed by atoms with E-state index in [-0.39, 0.29) is 15.8 Å². The van der Waals surface area contributed by atoms with Gasteiger partial charge in [0.2, 0.25) is 0 Å². The van der Waals surface area contributed by atoms with Gasteiger partial charge in [0.05, 0.1) is 5.56 Å². The first-order valence-electron chi connectivity index (χ1n) is 3.32. The van der Waals surface area contributed by atoms with E-state index in [9.17, 15) is 4.79 Å².